The maximum atomic E-state index is 9.64. The minimum absolute atomic E-state index is 0.0524. The summed E-state index contributed by atoms with van der Waals surface area (Å²) in [7, 11) is 2.49. The fraction of sp³-hybridized carbons (Fsp3) is 1.00. The fourth-order valence-corrected chi connectivity index (χ4v) is 2.16. The number of hydrogen-bond donors (Lipinski definition) is 2. The monoisotopic (exact) mass is 178 g/mol. The van der Waals surface area contributed by atoms with Crippen molar-refractivity contribution in [3.05, 3.63) is 0 Å². The molecular formula is C7H15O3P. The van der Waals surface area contributed by atoms with Gasteiger partial charge in [0.1, 0.15) is 6.10 Å². The quantitative estimate of drug-likeness (QED) is 0.517. The van der Waals surface area contributed by atoms with Gasteiger partial charge in [-0.15, -0.1) is 9.24 Å². The van der Waals surface area contributed by atoms with E-state index < -0.39 is 11.7 Å². The highest BCUT2D eigenvalue weighted by Gasteiger charge is 2.41. The summed E-state index contributed by atoms with van der Waals surface area (Å²) in [5.41, 5.74) is -1.01. The van der Waals surface area contributed by atoms with Crippen LogP contribution in [-0.4, -0.2) is 33.9 Å². The Morgan fingerprint density at radius 3 is 2.64 bits per heavy atom. The molecule has 2 N–H and O–H groups in total. The molecule has 1 fully saturated rings. The zero-order chi connectivity index (χ0) is 8.65. The van der Waals surface area contributed by atoms with E-state index in [1.807, 2.05) is 0 Å². The van der Waals surface area contributed by atoms with Gasteiger partial charge in [-0.05, 0) is 13.8 Å². The van der Waals surface area contributed by atoms with Crippen LogP contribution in [0.1, 0.15) is 20.3 Å². The average molecular weight is 178 g/mol. The Kier molecular flexibility index (Phi) is 2.55. The molecule has 0 aromatic rings. The highest BCUT2D eigenvalue weighted by atomic mass is 31.0. The van der Waals surface area contributed by atoms with Crippen molar-refractivity contribution >= 4 is 9.24 Å². The molecule has 11 heavy (non-hydrogen) atoms. The van der Waals surface area contributed by atoms with E-state index in [4.69, 9.17) is 4.74 Å². The summed E-state index contributed by atoms with van der Waals surface area (Å²) >= 11 is 0. The van der Waals surface area contributed by atoms with E-state index in [0.29, 0.717) is 6.42 Å². The topological polar surface area (TPSA) is 49.7 Å². The molecule has 0 aromatic heterocycles. The van der Waals surface area contributed by atoms with Gasteiger partial charge >= 0.3 is 0 Å². The summed E-state index contributed by atoms with van der Waals surface area (Å²) < 4.78 is 5.29. The van der Waals surface area contributed by atoms with Crippen molar-refractivity contribution < 1.29 is 14.9 Å². The average Bonchev–Trinajstić information content (AvgIpc) is 1.81. The van der Waals surface area contributed by atoms with Gasteiger partial charge in [0.05, 0.1) is 17.6 Å². The van der Waals surface area contributed by atoms with E-state index >= 15 is 0 Å². The lowest BCUT2D eigenvalue weighted by Gasteiger charge is -2.40. The number of aliphatic hydroxyl groups excluding tert-OH is 1. The van der Waals surface area contributed by atoms with Gasteiger partial charge in [-0.2, -0.15) is 0 Å². The number of hydrogen-bond acceptors (Lipinski definition) is 3. The molecule has 0 bridgehead atoms. The molecule has 1 rings (SSSR count). The second-order valence-corrected chi connectivity index (χ2v) is 4.13. The normalized spacial score (nSPS) is 52.6. The van der Waals surface area contributed by atoms with Gasteiger partial charge in [-0.25, -0.2) is 0 Å². The zero-order valence-corrected chi connectivity index (χ0v) is 7.97. The molecule has 5 atom stereocenters. The summed E-state index contributed by atoms with van der Waals surface area (Å²) in [5.74, 6) is -0.0524. The van der Waals surface area contributed by atoms with Crippen molar-refractivity contribution in [1.82, 2.24) is 0 Å². The van der Waals surface area contributed by atoms with Gasteiger partial charge < -0.3 is 14.9 Å². The molecule has 1 heterocycles. The molecule has 3 nitrogen and oxygen atoms in total. The van der Waals surface area contributed by atoms with E-state index in [2.05, 4.69) is 9.24 Å². The van der Waals surface area contributed by atoms with Gasteiger partial charge in [0.25, 0.3) is 0 Å². The van der Waals surface area contributed by atoms with Gasteiger partial charge in [-0.3, -0.25) is 0 Å². The van der Waals surface area contributed by atoms with Crippen molar-refractivity contribution in [2.24, 2.45) is 0 Å². The molecule has 66 valence electrons. The van der Waals surface area contributed by atoms with E-state index in [1.165, 1.54) is 0 Å². The maximum Gasteiger partial charge on any atom is 0.108 e. The molecule has 0 spiro atoms. The Balaban J connectivity index is 2.67. The van der Waals surface area contributed by atoms with Crippen LogP contribution in [0.25, 0.3) is 0 Å². The molecule has 5 unspecified atom stereocenters. The molecule has 1 saturated heterocycles. The highest BCUT2D eigenvalue weighted by Crippen LogP contribution is 2.31. The molecule has 0 aliphatic carbocycles. The molecule has 0 radical (unpaired) electrons. The van der Waals surface area contributed by atoms with Crippen LogP contribution < -0.4 is 0 Å². The van der Waals surface area contributed by atoms with E-state index in [0.717, 1.165) is 0 Å². The Morgan fingerprint density at radius 2 is 2.18 bits per heavy atom. The van der Waals surface area contributed by atoms with Crippen LogP contribution in [-0.2, 0) is 4.74 Å². The lowest BCUT2D eigenvalue weighted by Crippen LogP contribution is -2.53. The Bertz CT molecular complexity index is 149. The van der Waals surface area contributed by atoms with E-state index in [9.17, 15) is 10.2 Å². The second kappa shape index (κ2) is 2.98. The summed E-state index contributed by atoms with van der Waals surface area (Å²) in [6.45, 7) is 3.39. The smallest absolute Gasteiger partial charge is 0.108 e. The zero-order valence-electron chi connectivity index (χ0n) is 6.82. The SMILES string of the molecule is CC1OC(P)CC(C)(O)C1O. The third-order valence-corrected chi connectivity index (χ3v) is 2.48. The molecular weight excluding hydrogens is 163 g/mol. The second-order valence-electron chi connectivity index (χ2n) is 3.39. The largest absolute Gasteiger partial charge is 0.387 e. The van der Waals surface area contributed by atoms with Gasteiger partial charge in [0, 0.05) is 6.42 Å². The molecule has 4 heteroatoms. The van der Waals surface area contributed by atoms with E-state index in [-0.39, 0.29) is 11.9 Å². The number of ether oxygens (including phenoxy) is 1. The van der Waals surface area contributed by atoms with Crippen LogP contribution in [0.2, 0.25) is 0 Å². The summed E-state index contributed by atoms with van der Waals surface area (Å²) in [6.07, 6.45) is -0.607. The third-order valence-electron chi connectivity index (χ3n) is 2.09. The van der Waals surface area contributed by atoms with Gasteiger partial charge in [0.2, 0.25) is 0 Å². The first-order valence-corrected chi connectivity index (χ1v) is 4.41. The van der Waals surface area contributed by atoms with Gasteiger partial charge in [0.15, 0.2) is 0 Å². The van der Waals surface area contributed by atoms with Gasteiger partial charge in [-0.1, -0.05) is 0 Å². The van der Waals surface area contributed by atoms with Crippen LogP contribution in [0.5, 0.6) is 0 Å². The van der Waals surface area contributed by atoms with Crippen molar-refractivity contribution in [2.75, 3.05) is 0 Å². The minimum atomic E-state index is -1.01. The number of aliphatic hydroxyl groups is 2. The van der Waals surface area contributed by atoms with Crippen LogP contribution in [0, 0.1) is 0 Å². The first-order chi connectivity index (χ1) is 4.93. The summed E-state index contributed by atoms with van der Waals surface area (Å²) in [5, 5.41) is 19.1. The van der Waals surface area contributed by atoms with E-state index in [1.54, 1.807) is 13.8 Å². The Hall–Kier alpha value is 0.310. The molecule has 0 aromatic carbocycles. The first-order valence-electron chi connectivity index (χ1n) is 3.75. The van der Waals surface area contributed by atoms with Crippen LogP contribution in [0.3, 0.4) is 0 Å². The number of rotatable bonds is 0. The van der Waals surface area contributed by atoms with Crippen molar-refractivity contribution in [3.63, 3.8) is 0 Å². The summed E-state index contributed by atoms with van der Waals surface area (Å²) in [4.78, 5) is 0. The van der Waals surface area contributed by atoms with Crippen molar-refractivity contribution in [2.45, 2.75) is 43.9 Å². The Labute approximate surface area is 69.0 Å². The van der Waals surface area contributed by atoms with Crippen LogP contribution in [0.4, 0.5) is 0 Å². The van der Waals surface area contributed by atoms with Crippen molar-refractivity contribution in [3.8, 4) is 0 Å². The lowest BCUT2D eigenvalue weighted by molar-refractivity contribution is -0.184. The lowest BCUT2D eigenvalue weighted by atomic mass is 9.90. The Morgan fingerprint density at radius 1 is 1.64 bits per heavy atom. The molecule has 0 saturated carbocycles. The standard InChI is InChI=1S/C7H15O3P/c1-4-6(8)7(2,9)3-5(11)10-4/h4-6,8-9H,3,11H2,1-2H3. The van der Waals surface area contributed by atoms with Crippen LogP contribution in [0.15, 0.2) is 0 Å². The molecule has 0 amide bonds. The maximum absolute atomic E-state index is 9.64. The third kappa shape index (κ3) is 1.91. The summed E-state index contributed by atoms with van der Waals surface area (Å²) in [6, 6.07) is 0. The molecule has 1 aliphatic rings. The van der Waals surface area contributed by atoms with Crippen LogP contribution >= 0.6 is 9.24 Å². The predicted molar refractivity (Wildman–Crippen MR) is 45.3 cm³/mol. The minimum Gasteiger partial charge on any atom is -0.387 e. The fourth-order valence-electron chi connectivity index (χ4n) is 1.43. The highest BCUT2D eigenvalue weighted by molar-refractivity contribution is 7.17. The molecule has 1 aliphatic heterocycles. The van der Waals surface area contributed by atoms with Crippen molar-refractivity contribution in [1.29, 1.82) is 0 Å². The predicted octanol–water partition coefficient (Wildman–Crippen LogP) is 0.108. The first kappa shape index (κ1) is 9.40.